The molecular formula is C33H43NO. The normalized spacial score (nSPS) is 23.9. The standard InChI is InChI=1S/C33H43NO/c1-8-15-32-29(10-3)23-24-30(18-14-16-26(5)20-25-33(32)35-7)27(6)21-22-28(9-2)17-12-13-19-31(34)11-4/h8-11,13-20,25,33H,1-2,5-6,12,21-24,34H2,3-4,7H3/b16-14-,19-13?,25-20-,28-17+,29-10-,30-18+,31-11-,32-15?. The quantitative estimate of drug-likeness (QED) is 0.325. The van der Waals surface area contributed by atoms with Crippen molar-refractivity contribution in [3.8, 4) is 0 Å². The first-order chi connectivity index (χ1) is 16.9. The van der Waals surface area contributed by atoms with Gasteiger partial charge < -0.3 is 10.5 Å². The van der Waals surface area contributed by atoms with E-state index in [9.17, 15) is 0 Å². The lowest BCUT2D eigenvalue weighted by molar-refractivity contribution is 0.169. The van der Waals surface area contributed by atoms with Crippen LogP contribution in [0.25, 0.3) is 0 Å². The van der Waals surface area contributed by atoms with E-state index < -0.39 is 0 Å². The highest BCUT2D eigenvalue weighted by molar-refractivity contribution is 5.43. The summed E-state index contributed by atoms with van der Waals surface area (Å²) in [4.78, 5) is 0. The van der Waals surface area contributed by atoms with Gasteiger partial charge in [0.1, 0.15) is 6.10 Å². The van der Waals surface area contributed by atoms with E-state index in [-0.39, 0.29) is 6.10 Å². The average molecular weight is 470 g/mol. The highest BCUT2D eigenvalue weighted by Gasteiger charge is 2.15. The fourth-order valence-electron chi connectivity index (χ4n) is 3.74. The van der Waals surface area contributed by atoms with Crippen LogP contribution in [-0.2, 0) is 4.74 Å². The van der Waals surface area contributed by atoms with Gasteiger partial charge in [-0.05, 0) is 74.3 Å². The molecule has 0 aliphatic heterocycles. The molecule has 0 amide bonds. The molecule has 0 radical (unpaired) electrons. The number of ether oxygens (including phenoxy) is 1. The summed E-state index contributed by atoms with van der Waals surface area (Å²) in [7, 11) is 1.73. The van der Waals surface area contributed by atoms with Gasteiger partial charge >= 0.3 is 0 Å². The summed E-state index contributed by atoms with van der Waals surface area (Å²) in [6.45, 7) is 20.5. The van der Waals surface area contributed by atoms with Crippen LogP contribution in [0, 0.1) is 0 Å². The van der Waals surface area contributed by atoms with Crippen LogP contribution >= 0.6 is 0 Å². The molecule has 1 rings (SSSR count). The molecular weight excluding hydrogens is 426 g/mol. The number of hydrogen-bond acceptors (Lipinski definition) is 2. The molecule has 0 aromatic rings. The zero-order valence-electron chi connectivity index (χ0n) is 21.9. The van der Waals surface area contributed by atoms with E-state index in [1.807, 2.05) is 55.5 Å². The van der Waals surface area contributed by atoms with Crippen LogP contribution in [-0.4, -0.2) is 13.2 Å². The van der Waals surface area contributed by atoms with Gasteiger partial charge in [0.15, 0.2) is 0 Å². The van der Waals surface area contributed by atoms with E-state index in [4.69, 9.17) is 10.5 Å². The second kappa shape index (κ2) is 17.1. The molecule has 35 heavy (non-hydrogen) atoms. The number of methoxy groups -OCH3 is 1. The van der Waals surface area contributed by atoms with Crippen LogP contribution in [0.2, 0.25) is 0 Å². The summed E-state index contributed by atoms with van der Waals surface area (Å²) in [5.74, 6) is 0. The Bertz CT molecular complexity index is 1000. The van der Waals surface area contributed by atoms with Crippen molar-refractivity contribution in [3.05, 3.63) is 144 Å². The van der Waals surface area contributed by atoms with Gasteiger partial charge in [0, 0.05) is 12.8 Å². The van der Waals surface area contributed by atoms with Crippen LogP contribution in [0.15, 0.2) is 144 Å². The number of nitrogens with two attached hydrogens (primary N) is 1. The van der Waals surface area contributed by atoms with Gasteiger partial charge in [0.25, 0.3) is 0 Å². The van der Waals surface area contributed by atoms with Crippen molar-refractivity contribution >= 4 is 0 Å². The lowest BCUT2D eigenvalue weighted by Gasteiger charge is -2.20. The summed E-state index contributed by atoms with van der Waals surface area (Å²) in [5.41, 5.74) is 13.5. The van der Waals surface area contributed by atoms with Crippen molar-refractivity contribution in [1.82, 2.24) is 0 Å². The van der Waals surface area contributed by atoms with Crippen molar-refractivity contribution in [3.63, 3.8) is 0 Å². The molecule has 1 atom stereocenters. The van der Waals surface area contributed by atoms with Crippen LogP contribution in [0.3, 0.4) is 0 Å². The maximum Gasteiger partial charge on any atom is 0.101 e. The smallest absolute Gasteiger partial charge is 0.101 e. The molecule has 0 saturated heterocycles. The van der Waals surface area contributed by atoms with Gasteiger partial charge in [-0.1, -0.05) is 110 Å². The molecule has 0 spiro atoms. The first kappa shape index (κ1) is 29.7. The Hall–Kier alpha value is -3.36. The predicted molar refractivity (Wildman–Crippen MR) is 156 cm³/mol. The maximum absolute atomic E-state index is 5.82. The molecule has 0 saturated carbocycles. The molecule has 2 nitrogen and oxygen atoms in total. The molecule has 0 heterocycles. The summed E-state index contributed by atoms with van der Waals surface area (Å²) in [5, 5.41) is 0. The average Bonchev–Trinajstić information content (AvgIpc) is 2.86. The number of allylic oxidation sites excluding steroid dienone is 16. The second-order valence-electron chi connectivity index (χ2n) is 8.33. The minimum absolute atomic E-state index is 0.156. The third-order valence-electron chi connectivity index (χ3n) is 5.93. The van der Waals surface area contributed by atoms with Gasteiger partial charge in [-0.3, -0.25) is 0 Å². The lowest BCUT2D eigenvalue weighted by atomic mass is 9.89. The van der Waals surface area contributed by atoms with Gasteiger partial charge in [0.2, 0.25) is 0 Å². The topological polar surface area (TPSA) is 35.2 Å². The molecule has 0 aromatic heterocycles. The molecule has 0 aromatic carbocycles. The van der Waals surface area contributed by atoms with Crippen LogP contribution in [0.1, 0.15) is 46.0 Å². The minimum atomic E-state index is -0.156. The summed E-state index contributed by atoms with van der Waals surface area (Å²) in [6.07, 6.45) is 30.6. The molecule has 1 aliphatic rings. The monoisotopic (exact) mass is 469 g/mol. The van der Waals surface area contributed by atoms with Gasteiger partial charge in [-0.2, -0.15) is 0 Å². The SMILES string of the molecule is C=CC=C1/C(=C\C)CC/C(C(=C)CC/C(C=C)=C/CC=C/C(N)=C/C)=C\C=C/C(=C)/C=C\C1OC. The highest BCUT2D eigenvalue weighted by atomic mass is 16.5. The summed E-state index contributed by atoms with van der Waals surface area (Å²) < 4.78 is 5.78. The third kappa shape index (κ3) is 11.1. The molecule has 0 bridgehead atoms. The van der Waals surface area contributed by atoms with E-state index in [0.29, 0.717) is 0 Å². The Morgan fingerprint density at radius 1 is 1.17 bits per heavy atom. The van der Waals surface area contributed by atoms with Crippen molar-refractivity contribution in [2.24, 2.45) is 5.73 Å². The zero-order chi connectivity index (χ0) is 26.1. The Morgan fingerprint density at radius 3 is 2.57 bits per heavy atom. The van der Waals surface area contributed by atoms with Crippen LogP contribution < -0.4 is 5.73 Å². The van der Waals surface area contributed by atoms with E-state index in [0.717, 1.165) is 54.5 Å². The van der Waals surface area contributed by atoms with E-state index in [1.165, 1.54) is 16.7 Å². The zero-order valence-corrected chi connectivity index (χ0v) is 21.9. The van der Waals surface area contributed by atoms with Crippen LogP contribution in [0.5, 0.6) is 0 Å². The molecule has 0 fully saturated rings. The predicted octanol–water partition coefficient (Wildman–Crippen LogP) is 8.71. The van der Waals surface area contributed by atoms with E-state index in [2.05, 4.69) is 63.6 Å². The fraction of sp³-hybridized carbons (Fsp3) is 0.273. The van der Waals surface area contributed by atoms with Crippen molar-refractivity contribution < 1.29 is 4.74 Å². The maximum atomic E-state index is 5.82. The molecule has 186 valence electrons. The number of hydrogen-bond donors (Lipinski definition) is 1. The van der Waals surface area contributed by atoms with Gasteiger partial charge in [-0.15, -0.1) is 0 Å². The number of rotatable bonds is 10. The van der Waals surface area contributed by atoms with Crippen molar-refractivity contribution in [2.75, 3.05) is 7.11 Å². The first-order valence-electron chi connectivity index (χ1n) is 12.2. The van der Waals surface area contributed by atoms with Crippen molar-refractivity contribution in [2.45, 2.75) is 52.1 Å². The Morgan fingerprint density at radius 2 is 1.94 bits per heavy atom. The lowest BCUT2D eigenvalue weighted by Crippen LogP contribution is -2.13. The molecule has 1 unspecified atom stereocenters. The third-order valence-corrected chi connectivity index (χ3v) is 5.93. The van der Waals surface area contributed by atoms with E-state index in [1.54, 1.807) is 7.11 Å². The fourth-order valence-corrected chi connectivity index (χ4v) is 3.74. The largest absolute Gasteiger partial charge is 0.399 e. The Kier molecular flexibility index (Phi) is 14.5. The molecule has 1 aliphatic carbocycles. The van der Waals surface area contributed by atoms with Gasteiger partial charge in [-0.25, -0.2) is 0 Å². The minimum Gasteiger partial charge on any atom is -0.399 e. The second-order valence-corrected chi connectivity index (χ2v) is 8.33. The summed E-state index contributed by atoms with van der Waals surface area (Å²) in [6, 6.07) is 0. The molecule has 2 N–H and O–H groups in total. The Balaban J connectivity index is 3.07. The van der Waals surface area contributed by atoms with Crippen molar-refractivity contribution in [1.29, 1.82) is 0 Å². The summed E-state index contributed by atoms with van der Waals surface area (Å²) >= 11 is 0. The first-order valence-corrected chi connectivity index (χ1v) is 12.2. The van der Waals surface area contributed by atoms with Crippen LogP contribution in [0.4, 0.5) is 0 Å². The molecule has 2 heteroatoms. The van der Waals surface area contributed by atoms with E-state index >= 15 is 0 Å². The highest BCUT2D eigenvalue weighted by Crippen LogP contribution is 2.29. The van der Waals surface area contributed by atoms with Gasteiger partial charge in [0.05, 0.1) is 0 Å². The Labute approximate surface area is 214 Å².